The summed E-state index contributed by atoms with van der Waals surface area (Å²) >= 11 is 0. The fourth-order valence-electron chi connectivity index (χ4n) is 4.41. The number of hydrogen-bond acceptors (Lipinski definition) is 4. The Morgan fingerprint density at radius 3 is 2.84 bits per heavy atom. The highest BCUT2D eigenvalue weighted by molar-refractivity contribution is 5.91. The molecule has 1 aliphatic heterocycles. The average molecular weight is 434 g/mol. The number of H-pyrrole nitrogens is 1. The van der Waals surface area contributed by atoms with Crippen molar-refractivity contribution in [2.45, 2.75) is 32.3 Å². The summed E-state index contributed by atoms with van der Waals surface area (Å²) in [6.45, 7) is 2.09. The first-order valence-electron chi connectivity index (χ1n) is 10.7. The number of benzene rings is 2. The van der Waals surface area contributed by atoms with Gasteiger partial charge in [0.15, 0.2) is 0 Å². The molecule has 1 atom stereocenters. The lowest BCUT2D eigenvalue weighted by Crippen LogP contribution is -2.33. The molecule has 1 aromatic heterocycles. The molecule has 32 heavy (non-hydrogen) atoms. The second kappa shape index (κ2) is 8.11. The molecule has 0 saturated carbocycles. The van der Waals surface area contributed by atoms with Gasteiger partial charge < -0.3 is 10.1 Å². The van der Waals surface area contributed by atoms with E-state index >= 15 is 0 Å². The highest BCUT2D eigenvalue weighted by Crippen LogP contribution is 2.38. The number of ether oxygens (including phenoxy) is 1. The van der Waals surface area contributed by atoms with Crippen LogP contribution >= 0.6 is 0 Å². The van der Waals surface area contributed by atoms with E-state index < -0.39 is 12.2 Å². The number of amides is 2. The Labute approximate surface area is 184 Å². The zero-order chi connectivity index (χ0) is 22.2. The molecule has 2 aliphatic rings. The number of aromatic nitrogens is 2. The highest BCUT2D eigenvalue weighted by Gasteiger charge is 2.33. The Morgan fingerprint density at radius 1 is 1.25 bits per heavy atom. The van der Waals surface area contributed by atoms with Crippen molar-refractivity contribution >= 4 is 17.7 Å². The van der Waals surface area contributed by atoms with E-state index in [2.05, 4.69) is 15.5 Å². The summed E-state index contributed by atoms with van der Waals surface area (Å²) in [5.74, 6) is -0.437. The molecular formula is C24H23FN4O3. The van der Waals surface area contributed by atoms with E-state index in [4.69, 9.17) is 4.74 Å². The number of nitrogens with one attached hydrogen (secondary N) is 2. The fraction of sp³-hybridized carbons (Fsp3) is 0.292. The topological polar surface area (TPSA) is 87.3 Å². The summed E-state index contributed by atoms with van der Waals surface area (Å²) in [5.41, 5.74) is 6.66. The second-order valence-corrected chi connectivity index (χ2v) is 8.18. The molecule has 5 rings (SSSR count). The average Bonchev–Trinajstić information content (AvgIpc) is 3.31. The van der Waals surface area contributed by atoms with Crippen LogP contribution in [-0.2, 0) is 22.4 Å². The minimum atomic E-state index is -0.425. The largest absolute Gasteiger partial charge is 0.442 e. The van der Waals surface area contributed by atoms with E-state index in [1.165, 1.54) is 24.6 Å². The van der Waals surface area contributed by atoms with Crippen molar-refractivity contribution in [3.05, 3.63) is 59.4 Å². The van der Waals surface area contributed by atoms with Gasteiger partial charge in [-0.2, -0.15) is 5.10 Å². The van der Waals surface area contributed by atoms with Gasteiger partial charge >= 0.3 is 6.09 Å². The van der Waals surface area contributed by atoms with Crippen molar-refractivity contribution in [1.82, 2.24) is 15.5 Å². The Bertz CT molecular complexity index is 1190. The summed E-state index contributed by atoms with van der Waals surface area (Å²) in [6, 6.07) is 12.3. The van der Waals surface area contributed by atoms with E-state index in [0.29, 0.717) is 6.54 Å². The van der Waals surface area contributed by atoms with Crippen LogP contribution in [0.15, 0.2) is 42.5 Å². The van der Waals surface area contributed by atoms with Gasteiger partial charge in [0, 0.05) is 29.3 Å². The Kier molecular flexibility index (Phi) is 5.13. The third-order valence-corrected chi connectivity index (χ3v) is 5.98. The van der Waals surface area contributed by atoms with Gasteiger partial charge in [0.25, 0.3) is 0 Å². The number of rotatable bonds is 4. The lowest BCUT2D eigenvalue weighted by atomic mass is 9.99. The molecule has 2 amide bonds. The standard InChI is InChI=1S/C24H23FN4O3/c1-14(30)26-12-19-13-29(24(31)32-19)18-10-7-15-3-2-4-20-22(16-5-8-17(25)9-6-16)27-28-23(20)21(15)11-18/h5-11,19H,2-4,12-13H2,1H3,(H,26,30)(H,27,28). The van der Waals surface area contributed by atoms with Crippen LogP contribution in [0.4, 0.5) is 14.9 Å². The zero-order valence-electron chi connectivity index (χ0n) is 17.7. The first-order valence-corrected chi connectivity index (χ1v) is 10.7. The van der Waals surface area contributed by atoms with Gasteiger partial charge in [-0.05, 0) is 61.2 Å². The van der Waals surface area contributed by atoms with E-state index in [9.17, 15) is 14.0 Å². The molecule has 1 saturated heterocycles. The number of carbonyl (C=O) groups is 2. The SMILES string of the molecule is CC(=O)NCC1CN(c2ccc3c(c2)-c2[nH]nc(-c4ccc(F)cc4)c2CCC3)C(=O)O1. The summed E-state index contributed by atoms with van der Waals surface area (Å²) < 4.78 is 18.8. The number of nitrogens with zero attached hydrogens (tertiary/aromatic N) is 2. The third kappa shape index (κ3) is 3.72. The Morgan fingerprint density at radius 2 is 2.06 bits per heavy atom. The molecule has 0 bridgehead atoms. The van der Waals surface area contributed by atoms with Crippen LogP contribution in [0, 0.1) is 5.82 Å². The Balaban J connectivity index is 1.48. The summed E-state index contributed by atoms with van der Waals surface area (Å²) in [7, 11) is 0. The highest BCUT2D eigenvalue weighted by atomic mass is 19.1. The third-order valence-electron chi connectivity index (χ3n) is 5.98. The van der Waals surface area contributed by atoms with Gasteiger partial charge in [0.1, 0.15) is 11.9 Å². The first kappa shape index (κ1) is 20.2. The molecule has 7 nitrogen and oxygen atoms in total. The van der Waals surface area contributed by atoms with Crippen LogP contribution in [0.25, 0.3) is 22.5 Å². The molecule has 1 aliphatic carbocycles. The molecule has 3 aromatic rings. The Hall–Kier alpha value is -3.68. The normalized spacial score (nSPS) is 17.4. The predicted molar refractivity (Wildman–Crippen MR) is 118 cm³/mol. The maximum Gasteiger partial charge on any atom is 0.414 e. The van der Waals surface area contributed by atoms with Gasteiger partial charge in [0.2, 0.25) is 5.91 Å². The quantitative estimate of drug-likeness (QED) is 0.653. The molecule has 2 N–H and O–H groups in total. The number of hydrogen-bond donors (Lipinski definition) is 2. The van der Waals surface area contributed by atoms with Crippen LogP contribution in [0.3, 0.4) is 0 Å². The van der Waals surface area contributed by atoms with Crippen molar-refractivity contribution in [3.63, 3.8) is 0 Å². The zero-order valence-corrected chi connectivity index (χ0v) is 17.7. The molecule has 1 unspecified atom stereocenters. The molecule has 2 heterocycles. The van der Waals surface area contributed by atoms with Crippen LogP contribution in [0.5, 0.6) is 0 Å². The van der Waals surface area contributed by atoms with Gasteiger partial charge in [0.05, 0.1) is 24.5 Å². The molecule has 8 heteroatoms. The minimum Gasteiger partial charge on any atom is -0.442 e. The number of cyclic esters (lactones) is 1. The summed E-state index contributed by atoms with van der Waals surface area (Å²) in [5, 5.41) is 10.4. The van der Waals surface area contributed by atoms with Crippen LogP contribution in [-0.4, -0.2) is 41.4 Å². The van der Waals surface area contributed by atoms with Crippen molar-refractivity contribution in [3.8, 4) is 22.5 Å². The van der Waals surface area contributed by atoms with Crippen molar-refractivity contribution < 1.29 is 18.7 Å². The van der Waals surface area contributed by atoms with Crippen molar-refractivity contribution in [2.24, 2.45) is 0 Å². The smallest absolute Gasteiger partial charge is 0.414 e. The lowest BCUT2D eigenvalue weighted by molar-refractivity contribution is -0.119. The number of aryl methyl sites for hydroxylation is 1. The fourth-order valence-corrected chi connectivity index (χ4v) is 4.41. The van der Waals surface area contributed by atoms with Crippen LogP contribution in [0.2, 0.25) is 0 Å². The number of halogens is 1. The van der Waals surface area contributed by atoms with Crippen LogP contribution < -0.4 is 10.2 Å². The van der Waals surface area contributed by atoms with E-state index in [-0.39, 0.29) is 18.3 Å². The van der Waals surface area contributed by atoms with E-state index in [0.717, 1.165) is 53.0 Å². The molecule has 1 fully saturated rings. The molecule has 0 radical (unpaired) electrons. The monoisotopic (exact) mass is 434 g/mol. The maximum atomic E-state index is 13.4. The van der Waals surface area contributed by atoms with E-state index in [1.54, 1.807) is 17.0 Å². The van der Waals surface area contributed by atoms with Crippen LogP contribution in [0.1, 0.15) is 24.5 Å². The van der Waals surface area contributed by atoms with E-state index in [1.807, 2.05) is 18.2 Å². The predicted octanol–water partition coefficient (Wildman–Crippen LogP) is 3.83. The second-order valence-electron chi connectivity index (χ2n) is 8.18. The van der Waals surface area contributed by atoms with Gasteiger partial charge in [-0.3, -0.25) is 14.8 Å². The molecule has 164 valence electrons. The molecule has 0 spiro atoms. The number of aromatic amines is 1. The molecular weight excluding hydrogens is 411 g/mol. The molecule has 2 aromatic carbocycles. The summed E-state index contributed by atoms with van der Waals surface area (Å²) in [6.07, 6.45) is 1.92. The number of fused-ring (bicyclic) bond motifs is 3. The van der Waals surface area contributed by atoms with Gasteiger partial charge in [-0.1, -0.05) is 6.07 Å². The number of anilines is 1. The summed E-state index contributed by atoms with van der Waals surface area (Å²) in [4.78, 5) is 25.2. The minimum absolute atomic E-state index is 0.159. The van der Waals surface area contributed by atoms with Gasteiger partial charge in [-0.15, -0.1) is 0 Å². The first-order chi connectivity index (χ1) is 15.5. The lowest BCUT2D eigenvalue weighted by Gasteiger charge is -2.16. The maximum absolute atomic E-state index is 13.4. The van der Waals surface area contributed by atoms with Gasteiger partial charge in [-0.25, -0.2) is 9.18 Å². The van der Waals surface area contributed by atoms with Crippen molar-refractivity contribution in [1.29, 1.82) is 0 Å². The van der Waals surface area contributed by atoms with Crippen molar-refractivity contribution in [2.75, 3.05) is 18.0 Å². The number of carbonyl (C=O) groups excluding carboxylic acids is 2.